The van der Waals surface area contributed by atoms with Crippen LogP contribution >= 0.6 is 22.9 Å². The number of aromatic nitrogens is 1. The average Bonchev–Trinajstić information content (AvgIpc) is 3.00. The lowest BCUT2D eigenvalue weighted by Gasteiger charge is -2.13. The molecule has 0 spiro atoms. The van der Waals surface area contributed by atoms with Gasteiger partial charge in [0.05, 0.1) is 12.1 Å². The standard InChI is InChI=1S/C15H15ClN2O3S/c1-10(15(20)18-12-5-2-8-17-14(12)16)21-13(19)7-6-11-4-3-9-22-11/h2-5,8-10H,6-7H2,1H3,(H,18,20)/t10-/m0/s1. The highest BCUT2D eigenvalue weighted by atomic mass is 35.5. The van der Waals surface area contributed by atoms with Gasteiger partial charge in [-0.3, -0.25) is 9.59 Å². The van der Waals surface area contributed by atoms with Crippen LogP contribution < -0.4 is 5.32 Å². The van der Waals surface area contributed by atoms with E-state index in [1.165, 1.54) is 13.1 Å². The molecule has 1 atom stereocenters. The largest absolute Gasteiger partial charge is 0.453 e. The Bertz CT molecular complexity index is 646. The van der Waals surface area contributed by atoms with Crippen LogP contribution in [0.4, 0.5) is 5.69 Å². The van der Waals surface area contributed by atoms with Crippen molar-refractivity contribution in [1.29, 1.82) is 0 Å². The smallest absolute Gasteiger partial charge is 0.306 e. The highest BCUT2D eigenvalue weighted by molar-refractivity contribution is 7.09. The maximum absolute atomic E-state index is 12.0. The molecular formula is C15H15ClN2O3S. The molecule has 116 valence electrons. The van der Waals surface area contributed by atoms with Gasteiger partial charge in [-0.25, -0.2) is 4.98 Å². The molecule has 2 rings (SSSR count). The maximum Gasteiger partial charge on any atom is 0.306 e. The number of nitrogens with zero attached hydrogens (tertiary/aromatic N) is 1. The molecule has 0 saturated heterocycles. The first-order chi connectivity index (χ1) is 10.6. The van der Waals surface area contributed by atoms with Crippen LogP contribution in [0.25, 0.3) is 0 Å². The number of ether oxygens (including phenoxy) is 1. The SMILES string of the molecule is C[C@H](OC(=O)CCc1cccs1)C(=O)Nc1cccnc1Cl. The van der Waals surface area contributed by atoms with Crippen molar-refractivity contribution in [2.24, 2.45) is 0 Å². The quantitative estimate of drug-likeness (QED) is 0.648. The molecule has 0 unspecified atom stereocenters. The van der Waals surface area contributed by atoms with E-state index in [1.54, 1.807) is 23.5 Å². The highest BCUT2D eigenvalue weighted by Crippen LogP contribution is 2.18. The molecule has 7 heteroatoms. The van der Waals surface area contributed by atoms with Gasteiger partial charge in [0.2, 0.25) is 0 Å². The molecule has 2 aromatic heterocycles. The number of aryl methyl sites for hydroxylation is 1. The zero-order chi connectivity index (χ0) is 15.9. The Labute approximate surface area is 137 Å². The Kier molecular flexibility index (Phi) is 5.91. The summed E-state index contributed by atoms with van der Waals surface area (Å²) >= 11 is 7.44. The van der Waals surface area contributed by atoms with Crippen molar-refractivity contribution in [3.63, 3.8) is 0 Å². The van der Waals surface area contributed by atoms with Crippen LogP contribution in [0.3, 0.4) is 0 Å². The van der Waals surface area contributed by atoms with Crippen LogP contribution in [0.5, 0.6) is 0 Å². The van der Waals surface area contributed by atoms with E-state index < -0.39 is 18.0 Å². The molecule has 0 bridgehead atoms. The lowest BCUT2D eigenvalue weighted by molar-refractivity contribution is -0.153. The zero-order valence-electron chi connectivity index (χ0n) is 11.9. The maximum atomic E-state index is 12.0. The van der Waals surface area contributed by atoms with E-state index in [1.807, 2.05) is 17.5 Å². The van der Waals surface area contributed by atoms with E-state index in [4.69, 9.17) is 16.3 Å². The Morgan fingerprint density at radius 2 is 2.23 bits per heavy atom. The van der Waals surface area contributed by atoms with Gasteiger partial charge >= 0.3 is 5.97 Å². The van der Waals surface area contributed by atoms with E-state index in [2.05, 4.69) is 10.3 Å². The summed E-state index contributed by atoms with van der Waals surface area (Å²) in [6.07, 6.45) is 1.48. The Morgan fingerprint density at radius 3 is 2.91 bits per heavy atom. The molecule has 0 fully saturated rings. The fourth-order valence-electron chi connectivity index (χ4n) is 1.70. The number of rotatable bonds is 6. The number of carbonyl (C=O) groups excluding carboxylic acids is 2. The van der Waals surface area contributed by atoms with Gasteiger partial charge in [0.1, 0.15) is 0 Å². The van der Waals surface area contributed by atoms with Crippen LogP contribution in [-0.4, -0.2) is 23.0 Å². The lowest BCUT2D eigenvalue weighted by atomic mass is 10.2. The van der Waals surface area contributed by atoms with E-state index in [0.717, 1.165) is 4.88 Å². The van der Waals surface area contributed by atoms with E-state index in [9.17, 15) is 9.59 Å². The third kappa shape index (κ3) is 4.82. The lowest BCUT2D eigenvalue weighted by Crippen LogP contribution is -2.30. The van der Waals surface area contributed by atoms with E-state index in [0.29, 0.717) is 12.1 Å². The van der Waals surface area contributed by atoms with Crippen LogP contribution in [-0.2, 0) is 20.7 Å². The third-order valence-electron chi connectivity index (χ3n) is 2.85. The van der Waals surface area contributed by atoms with Gasteiger partial charge in [0.25, 0.3) is 5.91 Å². The van der Waals surface area contributed by atoms with Gasteiger partial charge in [-0.2, -0.15) is 0 Å². The first kappa shape index (κ1) is 16.5. The fraction of sp³-hybridized carbons (Fsp3) is 0.267. The number of nitrogens with one attached hydrogen (secondary N) is 1. The molecular weight excluding hydrogens is 324 g/mol. The number of pyridine rings is 1. The molecule has 1 N–H and O–H groups in total. The van der Waals surface area contributed by atoms with Gasteiger partial charge in [-0.1, -0.05) is 17.7 Å². The third-order valence-corrected chi connectivity index (χ3v) is 4.09. The van der Waals surface area contributed by atoms with Crippen molar-refractivity contribution in [2.45, 2.75) is 25.9 Å². The molecule has 0 aliphatic rings. The first-order valence-electron chi connectivity index (χ1n) is 6.69. The number of anilines is 1. The van der Waals surface area contributed by atoms with Crippen molar-refractivity contribution < 1.29 is 14.3 Å². The second-order valence-corrected chi connectivity index (χ2v) is 5.93. The van der Waals surface area contributed by atoms with Crippen molar-refractivity contribution in [3.8, 4) is 0 Å². The minimum Gasteiger partial charge on any atom is -0.453 e. The topological polar surface area (TPSA) is 68.3 Å². The van der Waals surface area contributed by atoms with Gasteiger partial charge < -0.3 is 10.1 Å². The number of thiophene rings is 1. The summed E-state index contributed by atoms with van der Waals surface area (Å²) in [6.45, 7) is 1.52. The fourth-order valence-corrected chi connectivity index (χ4v) is 2.58. The Balaban J connectivity index is 1.80. The summed E-state index contributed by atoms with van der Waals surface area (Å²) in [4.78, 5) is 28.7. The number of carbonyl (C=O) groups is 2. The van der Waals surface area contributed by atoms with Gasteiger partial charge in [-0.15, -0.1) is 11.3 Å². The summed E-state index contributed by atoms with van der Waals surface area (Å²) in [5, 5.41) is 4.72. The summed E-state index contributed by atoms with van der Waals surface area (Å²) < 4.78 is 5.11. The second-order valence-electron chi connectivity index (χ2n) is 4.54. The number of amides is 1. The number of hydrogen-bond acceptors (Lipinski definition) is 5. The molecule has 0 saturated carbocycles. The van der Waals surface area contributed by atoms with Crippen molar-refractivity contribution in [1.82, 2.24) is 4.98 Å². The summed E-state index contributed by atoms with van der Waals surface area (Å²) in [6, 6.07) is 7.16. The van der Waals surface area contributed by atoms with Crippen molar-refractivity contribution in [3.05, 3.63) is 45.9 Å². The number of hydrogen-bond donors (Lipinski definition) is 1. The summed E-state index contributed by atoms with van der Waals surface area (Å²) in [5.74, 6) is -0.854. The molecule has 0 aliphatic heterocycles. The van der Waals surface area contributed by atoms with Gasteiger partial charge in [0.15, 0.2) is 11.3 Å². The molecule has 1 amide bonds. The van der Waals surface area contributed by atoms with Gasteiger partial charge in [-0.05, 0) is 36.9 Å². The normalized spacial score (nSPS) is 11.7. The predicted molar refractivity (Wildman–Crippen MR) is 86.1 cm³/mol. The van der Waals surface area contributed by atoms with E-state index >= 15 is 0 Å². The van der Waals surface area contributed by atoms with Crippen LogP contribution in [0.1, 0.15) is 18.2 Å². The minimum atomic E-state index is -0.896. The highest BCUT2D eigenvalue weighted by Gasteiger charge is 2.18. The van der Waals surface area contributed by atoms with Crippen LogP contribution in [0, 0.1) is 0 Å². The zero-order valence-corrected chi connectivity index (χ0v) is 13.5. The van der Waals surface area contributed by atoms with Crippen LogP contribution in [0.2, 0.25) is 5.15 Å². The average molecular weight is 339 g/mol. The minimum absolute atomic E-state index is 0.187. The van der Waals surface area contributed by atoms with Crippen LogP contribution in [0.15, 0.2) is 35.8 Å². The van der Waals surface area contributed by atoms with Gasteiger partial charge in [0, 0.05) is 11.1 Å². The second kappa shape index (κ2) is 7.91. The van der Waals surface area contributed by atoms with Crippen molar-refractivity contribution >= 4 is 40.5 Å². The van der Waals surface area contributed by atoms with Crippen molar-refractivity contribution in [2.75, 3.05) is 5.32 Å². The Morgan fingerprint density at radius 1 is 1.41 bits per heavy atom. The number of esters is 1. The molecule has 2 aromatic rings. The molecule has 5 nitrogen and oxygen atoms in total. The summed E-state index contributed by atoms with van der Waals surface area (Å²) in [7, 11) is 0. The number of halogens is 1. The predicted octanol–water partition coefficient (Wildman–Crippen LogP) is 3.30. The molecule has 2 heterocycles. The molecule has 22 heavy (non-hydrogen) atoms. The molecule has 0 aromatic carbocycles. The summed E-state index contributed by atoms with van der Waals surface area (Å²) in [5.41, 5.74) is 0.385. The van der Waals surface area contributed by atoms with E-state index in [-0.39, 0.29) is 11.6 Å². The molecule has 0 aliphatic carbocycles. The molecule has 0 radical (unpaired) electrons. The monoisotopic (exact) mass is 338 g/mol. The Hall–Kier alpha value is -1.92. The first-order valence-corrected chi connectivity index (χ1v) is 7.95.